The minimum atomic E-state index is -1.02. The molecule has 6 heteroatoms. The number of hydrogen-bond donors (Lipinski definition) is 1. The predicted octanol–water partition coefficient (Wildman–Crippen LogP) is 2.80. The normalized spacial score (nSPS) is 10.0. The predicted molar refractivity (Wildman–Crippen MR) is 70.5 cm³/mol. The average molecular weight is 291 g/mol. The fourth-order valence-electron chi connectivity index (χ4n) is 1.71. The van der Waals surface area contributed by atoms with Crippen LogP contribution >= 0.6 is 0 Å². The monoisotopic (exact) mass is 291 g/mol. The highest BCUT2D eigenvalue weighted by atomic mass is 19.1. The minimum Gasteiger partial charge on any atom is -0.335 e. The first-order valence-electron chi connectivity index (χ1n) is 6.03. The van der Waals surface area contributed by atoms with Gasteiger partial charge >= 0.3 is 5.97 Å². The number of hydrogen-bond acceptors (Lipinski definition) is 3. The Kier molecular flexibility index (Phi) is 4.61. The van der Waals surface area contributed by atoms with Crippen LogP contribution in [0.5, 0.6) is 0 Å². The van der Waals surface area contributed by atoms with E-state index in [1.165, 1.54) is 24.3 Å². The standard InChI is InChI=1S/C15H11F2NO3/c16-9-11-7-4-8-12(17)13(11)14(19)18-21-15(20)10-5-2-1-3-6-10/h1-8H,9H2,(H,18,19). The van der Waals surface area contributed by atoms with Crippen molar-refractivity contribution in [2.45, 2.75) is 6.67 Å². The van der Waals surface area contributed by atoms with Gasteiger partial charge in [0.1, 0.15) is 12.5 Å². The lowest BCUT2D eigenvalue weighted by Gasteiger charge is -2.09. The Balaban J connectivity index is 2.08. The summed E-state index contributed by atoms with van der Waals surface area (Å²) in [4.78, 5) is 28.0. The molecule has 1 N–H and O–H groups in total. The molecule has 4 nitrogen and oxygen atoms in total. The number of rotatable bonds is 3. The van der Waals surface area contributed by atoms with Gasteiger partial charge in [0, 0.05) is 0 Å². The Morgan fingerprint density at radius 2 is 1.76 bits per heavy atom. The van der Waals surface area contributed by atoms with Crippen LogP contribution in [0.3, 0.4) is 0 Å². The van der Waals surface area contributed by atoms with E-state index in [-0.39, 0.29) is 11.1 Å². The van der Waals surface area contributed by atoms with Crippen molar-refractivity contribution >= 4 is 11.9 Å². The van der Waals surface area contributed by atoms with E-state index in [9.17, 15) is 18.4 Å². The highest BCUT2D eigenvalue weighted by molar-refractivity contribution is 5.97. The van der Waals surface area contributed by atoms with Crippen LogP contribution in [-0.2, 0) is 11.5 Å². The van der Waals surface area contributed by atoms with E-state index in [0.717, 1.165) is 6.07 Å². The zero-order chi connectivity index (χ0) is 15.2. The highest BCUT2D eigenvalue weighted by Gasteiger charge is 2.18. The lowest BCUT2D eigenvalue weighted by Crippen LogP contribution is -2.28. The summed E-state index contributed by atoms with van der Waals surface area (Å²) in [6, 6.07) is 11.5. The summed E-state index contributed by atoms with van der Waals surface area (Å²) in [5, 5.41) is 0. The van der Waals surface area contributed by atoms with Gasteiger partial charge in [-0.25, -0.2) is 13.6 Å². The van der Waals surface area contributed by atoms with Crippen molar-refractivity contribution in [1.29, 1.82) is 0 Å². The summed E-state index contributed by atoms with van der Waals surface area (Å²) in [6.45, 7) is -1.01. The first-order chi connectivity index (χ1) is 10.1. The summed E-state index contributed by atoms with van der Waals surface area (Å²) in [5.74, 6) is -2.72. The van der Waals surface area contributed by atoms with Crippen LogP contribution < -0.4 is 5.48 Å². The van der Waals surface area contributed by atoms with Crippen molar-refractivity contribution in [3.05, 3.63) is 71.0 Å². The molecule has 0 aromatic heterocycles. The molecule has 108 valence electrons. The quantitative estimate of drug-likeness (QED) is 0.885. The second-order valence-electron chi connectivity index (χ2n) is 4.09. The fraction of sp³-hybridized carbons (Fsp3) is 0.0667. The lowest BCUT2D eigenvalue weighted by atomic mass is 10.1. The second-order valence-corrected chi connectivity index (χ2v) is 4.09. The average Bonchev–Trinajstić information content (AvgIpc) is 2.52. The first kappa shape index (κ1) is 14.6. The minimum absolute atomic E-state index is 0.122. The summed E-state index contributed by atoms with van der Waals surface area (Å²) < 4.78 is 26.3. The number of halogens is 2. The number of carbonyl (C=O) groups is 2. The molecule has 2 aromatic rings. The lowest BCUT2D eigenvalue weighted by molar-refractivity contribution is 0.0228. The molecule has 0 heterocycles. The number of benzene rings is 2. The van der Waals surface area contributed by atoms with Crippen molar-refractivity contribution in [2.24, 2.45) is 0 Å². The van der Waals surface area contributed by atoms with Gasteiger partial charge in [-0.15, -0.1) is 0 Å². The van der Waals surface area contributed by atoms with Crippen LogP contribution in [0.4, 0.5) is 8.78 Å². The second kappa shape index (κ2) is 6.60. The van der Waals surface area contributed by atoms with E-state index in [2.05, 4.69) is 4.84 Å². The first-order valence-corrected chi connectivity index (χ1v) is 6.03. The number of hydroxylamine groups is 1. The van der Waals surface area contributed by atoms with Crippen molar-refractivity contribution in [2.75, 3.05) is 0 Å². The van der Waals surface area contributed by atoms with Gasteiger partial charge in [-0.05, 0) is 23.8 Å². The van der Waals surface area contributed by atoms with Gasteiger partial charge in [0.25, 0.3) is 5.91 Å². The third-order valence-electron chi connectivity index (χ3n) is 2.72. The molecule has 2 rings (SSSR count). The number of amides is 1. The SMILES string of the molecule is O=C(ONC(=O)c1c(F)cccc1CF)c1ccccc1. The van der Waals surface area contributed by atoms with Gasteiger partial charge in [0.2, 0.25) is 0 Å². The van der Waals surface area contributed by atoms with Gasteiger partial charge < -0.3 is 4.84 Å². The van der Waals surface area contributed by atoms with Crippen LogP contribution in [0.1, 0.15) is 26.3 Å². The van der Waals surface area contributed by atoms with E-state index in [1.807, 2.05) is 5.48 Å². The number of nitrogens with one attached hydrogen (secondary N) is 1. The van der Waals surface area contributed by atoms with Crippen LogP contribution in [0.15, 0.2) is 48.5 Å². The molecule has 0 radical (unpaired) electrons. The molecule has 0 aliphatic rings. The van der Waals surface area contributed by atoms with Gasteiger partial charge in [0.15, 0.2) is 0 Å². The van der Waals surface area contributed by atoms with Crippen LogP contribution in [-0.4, -0.2) is 11.9 Å². The van der Waals surface area contributed by atoms with E-state index in [0.29, 0.717) is 0 Å². The van der Waals surface area contributed by atoms with Crippen molar-refractivity contribution in [3.63, 3.8) is 0 Å². The molecule has 0 atom stereocenters. The molecule has 0 aliphatic carbocycles. The van der Waals surface area contributed by atoms with Gasteiger partial charge in [-0.1, -0.05) is 30.3 Å². The van der Waals surface area contributed by atoms with Crippen LogP contribution in [0.25, 0.3) is 0 Å². The molecule has 0 saturated heterocycles. The highest BCUT2D eigenvalue weighted by Crippen LogP contribution is 2.15. The molecule has 0 aliphatic heterocycles. The molecule has 0 fully saturated rings. The molecule has 0 spiro atoms. The van der Waals surface area contributed by atoms with E-state index < -0.39 is 29.9 Å². The summed E-state index contributed by atoms with van der Waals surface area (Å²) in [5.41, 5.74) is 1.43. The Bertz CT molecular complexity index is 659. The van der Waals surface area contributed by atoms with E-state index in [1.54, 1.807) is 18.2 Å². The summed E-state index contributed by atoms with van der Waals surface area (Å²) >= 11 is 0. The molecule has 1 amide bonds. The van der Waals surface area contributed by atoms with Gasteiger partial charge in [-0.3, -0.25) is 4.79 Å². The molecule has 2 aromatic carbocycles. The maximum atomic E-state index is 13.6. The van der Waals surface area contributed by atoms with E-state index >= 15 is 0 Å². The maximum absolute atomic E-state index is 13.6. The largest absolute Gasteiger partial charge is 0.362 e. The Hall–Kier alpha value is -2.76. The molecular formula is C15H11F2NO3. The van der Waals surface area contributed by atoms with Gasteiger partial charge in [-0.2, -0.15) is 5.48 Å². The topological polar surface area (TPSA) is 55.4 Å². The maximum Gasteiger partial charge on any atom is 0.362 e. The Morgan fingerprint density at radius 1 is 1.05 bits per heavy atom. The summed E-state index contributed by atoms with van der Waals surface area (Å²) in [6.07, 6.45) is 0. The molecule has 0 saturated carbocycles. The zero-order valence-electron chi connectivity index (χ0n) is 10.8. The van der Waals surface area contributed by atoms with E-state index in [4.69, 9.17) is 0 Å². The molecular weight excluding hydrogens is 280 g/mol. The molecule has 21 heavy (non-hydrogen) atoms. The smallest absolute Gasteiger partial charge is 0.335 e. The van der Waals surface area contributed by atoms with Crippen LogP contribution in [0.2, 0.25) is 0 Å². The molecule has 0 unspecified atom stereocenters. The van der Waals surface area contributed by atoms with Crippen LogP contribution in [0, 0.1) is 5.82 Å². The van der Waals surface area contributed by atoms with Crippen molar-refractivity contribution in [3.8, 4) is 0 Å². The zero-order valence-corrected chi connectivity index (χ0v) is 10.8. The summed E-state index contributed by atoms with van der Waals surface area (Å²) in [7, 11) is 0. The third kappa shape index (κ3) is 3.42. The number of carbonyl (C=O) groups excluding carboxylic acids is 2. The Morgan fingerprint density at radius 3 is 2.43 bits per heavy atom. The molecule has 0 bridgehead atoms. The fourth-order valence-corrected chi connectivity index (χ4v) is 1.71. The van der Waals surface area contributed by atoms with Crippen molar-refractivity contribution < 1.29 is 23.2 Å². The van der Waals surface area contributed by atoms with Crippen molar-refractivity contribution in [1.82, 2.24) is 5.48 Å². The van der Waals surface area contributed by atoms with Gasteiger partial charge in [0.05, 0.1) is 11.1 Å². The Labute approximate surface area is 119 Å². The number of alkyl halides is 1. The third-order valence-corrected chi connectivity index (χ3v) is 2.72.